The summed E-state index contributed by atoms with van der Waals surface area (Å²) < 4.78 is 2.48. The number of hydrogen-bond acceptors (Lipinski definition) is 2. The highest BCUT2D eigenvalue weighted by molar-refractivity contribution is 14.1. The van der Waals surface area contributed by atoms with Crippen LogP contribution in [0.3, 0.4) is 0 Å². The third-order valence-electron chi connectivity index (χ3n) is 2.49. The summed E-state index contributed by atoms with van der Waals surface area (Å²) in [5.74, 6) is 0. The quantitative estimate of drug-likeness (QED) is 0.722. The topological polar surface area (TPSA) is 15.3 Å². The molecule has 0 saturated carbocycles. The molecule has 0 atom stereocenters. The maximum atomic E-state index is 3.52. The normalized spacial score (nSPS) is 11.5. The molecule has 0 aromatic heterocycles. The van der Waals surface area contributed by atoms with Crippen LogP contribution in [0.25, 0.3) is 0 Å². The van der Waals surface area contributed by atoms with E-state index in [0.717, 1.165) is 24.1 Å². The van der Waals surface area contributed by atoms with E-state index in [0.29, 0.717) is 6.04 Å². The van der Waals surface area contributed by atoms with Crippen LogP contribution < -0.4 is 5.32 Å². The Hall–Kier alpha value is 0.350. The number of nitrogens with zero attached hydrogens (tertiary/aromatic N) is 1. The van der Waals surface area contributed by atoms with E-state index in [2.05, 4.69) is 87.8 Å². The van der Waals surface area contributed by atoms with Crippen LogP contribution in [0.4, 0.5) is 0 Å². The molecule has 0 radical (unpaired) electrons. The van der Waals surface area contributed by atoms with Gasteiger partial charge in [0.15, 0.2) is 0 Å². The Kier molecular flexibility index (Phi) is 6.99. The second kappa shape index (κ2) is 7.71. The summed E-state index contributed by atoms with van der Waals surface area (Å²) in [6.45, 7) is 7.46. The van der Waals surface area contributed by atoms with E-state index >= 15 is 0 Å². The Labute approximate surface area is 126 Å². The van der Waals surface area contributed by atoms with Gasteiger partial charge in [0, 0.05) is 33.7 Å². The van der Waals surface area contributed by atoms with E-state index in [9.17, 15) is 0 Å². The first-order valence-corrected chi connectivity index (χ1v) is 7.72. The number of benzene rings is 1. The van der Waals surface area contributed by atoms with Crippen LogP contribution in [0.1, 0.15) is 19.4 Å². The van der Waals surface area contributed by atoms with Crippen molar-refractivity contribution in [2.24, 2.45) is 0 Å². The number of halogens is 2. The molecule has 1 N–H and O–H groups in total. The Morgan fingerprint density at radius 1 is 1.41 bits per heavy atom. The maximum absolute atomic E-state index is 3.52. The SMILES string of the molecule is CC(C)NCCN(C)Cc1cc(Br)ccc1I. The average molecular weight is 411 g/mol. The van der Waals surface area contributed by atoms with Crippen molar-refractivity contribution in [2.45, 2.75) is 26.4 Å². The predicted octanol–water partition coefficient (Wildman–Crippen LogP) is 3.48. The summed E-state index contributed by atoms with van der Waals surface area (Å²) in [5.41, 5.74) is 1.38. The van der Waals surface area contributed by atoms with Gasteiger partial charge in [-0.05, 0) is 53.4 Å². The van der Waals surface area contributed by atoms with Crippen LogP contribution in [-0.4, -0.2) is 31.1 Å². The number of rotatable bonds is 6. The fourth-order valence-electron chi connectivity index (χ4n) is 1.58. The molecule has 0 aliphatic heterocycles. The van der Waals surface area contributed by atoms with Gasteiger partial charge in [-0.15, -0.1) is 0 Å². The van der Waals surface area contributed by atoms with Gasteiger partial charge in [-0.2, -0.15) is 0 Å². The first kappa shape index (κ1) is 15.4. The van der Waals surface area contributed by atoms with Crippen LogP contribution >= 0.6 is 38.5 Å². The molecule has 0 fully saturated rings. The molecular formula is C13H20BrIN2. The molecule has 0 bridgehead atoms. The minimum Gasteiger partial charge on any atom is -0.313 e. The molecule has 2 nitrogen and oxygen atoms in total. The van der Waals surface area contributed by atoms with Gasteiger partial charge < -0.3 is 10.2 Å². The molecule has 4 heteroatoms. The van der Waals surface area contributed by atoms with Crippen molar-refractivity contribution in [1.82, 2.24) is 10.2 Å². The minimum atomic E-state index is 0.564. The van der Waals surface area contributed by atoms with Crippen molar-refractivity contribution < 1.29 is 0 Å². The smallest absolute Gasteiger partial charge is 0.0242 e. The van der Waals surface area contributed by atoms with E-state index in [1.165, 1.54) is 9.13 Å². The Balaban J connectivity index is 2.44. The molecule has 0 amide bonds. The van der Waals surface area contributed by atoms with Crippen molar-refractivity contribution in [3.8, 4) is 0 Å². The lowest BCUT2D eigenvalue weighted by Gasteiger charge is -2.19. The number of nitrogens with one attached hydrogen (secondary N) is 1. The Bertz CT molecular complexity index is 355. The van der Waals surface area contributed by atoms with Crippen LogP contribution in [0.2, 0.25) is 0 Å². The molecule has 96 valence electrons. The third kappa shape index (κ3) is 6.18. The monoisotopic (exact) mass is 410 g/mol. The van der Waals surface area contributed by atoms with Crippen LogP contribution in [0.5, 0.6) is 0 Å². The van der Waals surface area contributed by atoms with Gasteiger partial charge in [0.1, 0.15) is 0 Å². The van der Waals surface area contributed by atoms with Gasteiger partial charge in [-0.25, -0.2) is 0 Å². The lowest BCUT2D eigenvalue weighted by molar-refractivity contribution is 0.319. The Morgan fingerprint density at radius 2 is 2.12 bits per heavy atom. The highest BCUT2D eigenvalue weighted by Crippen LogP contribution is 2.19. The van der Waals surface area contributed by atoms with E-state index in [4.69, 9.17) is 0 Å². The average Bonchev–Trinajstić information content (AvgIpc) is 2.23. The largest absolute Gasteiger partial charge is 0.313 e. The summed E-state index contributed by atoms with van der Waals surface area (Å²) in [7, 11) is 2.17. The summed E-state index contributed by atoms with van der Waals surface area (Å²) in [6.07, 6.45) is 0. The van der Waals surface area contributed by atoms with E-state index < -0.39 is 0 Å². The molecule has 1 aromatic carbocycles. The molecule has 1 rings (SSSR count). The highest BCUT2D eigenvalue weighted by atomic mass is 127. The van der Waals surface area contributed by atoms with Crippen molar-refractivity contribution in [2.75, 3.05) is 20.1 Å². The molecular weight excluding hydrogens is 391 g/mol. The van der Waals surface area contributed by atoms with Crippen LogP contribution in [0.15, 0.2) is 22.7 Å². The van der Waals surface area contributed by atoms with Gasteiger partial charge in [0.2, 0.25) is 0 Å². The summed E-state index contributed by atoms with van der Waals surface area (Å²) >= 11 is 5.92. The third-order valence-corrected chi connectivity index (χ3v) is 4.04. The van der Waals surface area contributed by atoms with Crippen molar-refractivity contribution in [3.63, 3.8) is 0 Å². The lowest BCUT2D eigenvalue weighted by atomic mass is 10.2. The van der Waals surface area contributed by atoms with Gasteiger partial charge in [0.25, 0.3) is 0 Å². The van der Waals surface area contributed by atoms with Crippen LogP contribution in [-0.2, 0) is 6.54 Å². The van der Waals surface area contributed by atoms with Crippen molar-refractivity contribution in [1.29, 1.82) is 0 Å². The van der Waals surface area contributed by atoms with Gasteiger partial charge in [-0.1, -0.05) is 29.8 Å². The minimum absolute atomic E-state index is 0.564. The first-order valence-electron chi connectivity index (χ1n) is 5.85. The molecule has 0 aliphatic rings. The van der Waals surface area contributed by atoms with Gasteiger partial charge in [0.05, 0.1) is 0 Å². The second-order valence-corrected chi connectivity index (χ2v) is 6.66. The zero-order chi connectivity index (χ0) is 12.8. The molecule has 0 aliphatic carbocycles. The fraction of sp³-hybridized carbons (Fsp3) is 0.538. The molecule has 0 heterocycles. The second-order valence-electron chi connectivity index (χ2n) is 4.58. The van der Waals surface area contributed by atoms with Crippen LogP contribution in [0, 0.1) is 3.57 Å². The summed E-state index contributed by atoms with van der Waals surface area (Å²) in [4.78, 5) is 2.35. The molecule has 0 unspecified atom stereocenters. The fourth-order valence-corrected chi connectivity index (χ4v) is 2.49. The summed E-state index contributed by atoms with van der Waals surface area (Å²) in [5, 5.41) is 3.44. The van der Waals surface area contributed by atoms with Gasteiger partial charge >= 0.3 is 0 Å². The van der Waals surface area contributed by atoms with Gasteiger partial charge in [-0.3, -0.25) is 0 Å². The zero-order valence-electron chi connectivity index (χ0n) is 10.6. The molecule has 0 spiro atoms. The maximum Gasteiger partial charge on any atom is 0.0242 e. The Morgan fingerprint density at radius 3 is 2.76 bits per heavy atom. The highest BCUT2D eigenvalue weighted by Gasteiger charge is 2.05. The molecule has 1 aromatic rings. The number of likely N-dealkylation sites (N-methyl/N-ethyl adjacent to an activating group) is 1. The van der Waals surface area contributed by atoms with E-state index in [1.54, 1.807) is 0 Å². The first-order chi connectivity index (χ1) is 7.99. The lowest BCUT2D eigenvalue weighted by Crippen LogP contribution is -2.32. The van der Waals surface area contributed by atoms with E-state index in [1.807, 2.05) is 0 Å². The molecule has 0 saturated heterocycles. The predicted molar refractivity (Wildman–Crippen MR) is 86.3 cm³/mol. The zero-order valence-corrected chi connectivity index (χ0v) is 14.4. The van der Waals surface area contributed by atoms with Crippen molar-refractivity contribution >= 4 is 38.5 Å². The van der Waals surface area contributed by atoms with Crippen molar-refractivity contribution in [3.05, 3.63) is 31.8 Å². The standard InChI is InChI=1S/C13H20BrIN2/c1-10(2)16-6-7-17(3)9-11-8-12(14)4-5-13(11)15/h4-5,8,10,16H,6-7,9H2,1-3H3. The summed E-state index contributed by atoms with van der Waals surface area (Å²) in [6, 6.07) is 7.01. The number of hydrogen-bond donors (Lipinski definition) is 1. The van der Waals surface area contributed by atoms with E-state index in [-0.39, 0.29) is 0 Å². The molecule has 17 heavy (non-hydrogen) atoms.